The molecule has 1 amide bonds. The average Bonchev–Trinajstić information content (AvgIpc) is 3.33. The highest BCUT2D eigenvalue weighted by molar-refractivity contribution is 7.71. The summed E-state index contributed by atoms with van der Waals surface area (Å²) < 4.78 is 4.67. The molecular formula is C19H20ClN5OS. The second-order valence-electron chi connectivity index (χ2n) is 6.84. The normalized spacial score (nSPS) is 13.7. The Morgan fingerprint density at radius 2 is 2.00 bits per heavy atom. The van der Waals surface area contributed by atoms with E-state index in [-0.39, 0.29) is 5.91 Å². The van der Waals surface area contributed by atoms with Crippen molar-refractivity contribution in [3.8, 4) is 5.69 Å². The van der Waals surface area contributed by atoms with Gasteiger partial charge < -0.3 is 9.88 Å². The Balaban J connectivity index is 1.57. The van der Waals surface area contributed by atoms with Crippen molar-refractivity contribution in [3.63, 3.8) is 0 Å². The van der Waals surface area contributed by atoms with E-state index in [9.17, 15) is 4.79 Å². The Hall–Kier alpha value is -2.38. The van der Waals surface area contributed by atoms with Crippen LogP contribution in [0.5, 0.6) is 0 Å². The van der Waals surface area contributed by atoms with Gasteiger partial charge in [0.15, 0.2) is 10.6 Å². The Bertz CT molecular complexity index is 1060. The van der Waals surface area contributed by atoms with Crippen LogP contribution in [-0.4, -0.2) is 25.2 Å². The standard InChI is InChI=1S/C19H20ClN5OS/c1-11-3-4-12(2)24(11)14-7-8-16(20)15(9-14)18(26)21-10-17-22-23-19(27)25(17)13-5-6-13/h3-4,7-9,13H,5-6,10H2,1-2H3,(H,21,26)(H,23,27). The number of H-pyrrole nitrogens is 1. The van der Waals surface area contributed by atoms with Crippen LogP contribution < -0.4 is 5.32 Å². The van der Waals surface area contributed by atoms with E-state index in [2.05, 4.69) is 20.1 Å². The molecule has 0 spiro atoms. The molecule has 0 aliphatic heterocycles. The van der Waals surface area contributed by atoms with Crippen molar-refractivity contribution in [2.24, 2.45) is 0 Å². The lowest BCUT2D eigenvalue weighted by Gasteiger charge is -2.13. The first-order chi connectivity index (χ1) is 13.0. The molecule has 4 rings (SSSR count). The lowest BCUT2D eigenvalue weighted by Crippen LogP contribution is -2.25. The Morgan fingerprint density at radius 3 is 2.67 bits per heavy atom. The molecule has 2 aromatic heterocycles. The highest BCUT2D eigenvalue weighted by Crippen LogP contribution is 2.35. The Morgan fingerprint density at radius 1 is 1.30 bits per heavy atom. The molecule has 8 heteroatoms. The van der Waals surface area contributed by atoms with Gasteiger partial charge in [-0.3, -0.25) is 14.5 Å². The summed E-state index contributed by atoms with van der Waals surface area (Å²) in [5.74, 6) is 0.501. The summed E-state index contributed by atoms with van der Waals surface area (Å²) in [5.41, 5.74) is 3.54. The monoisotopic (exact) mass is 401 g/mol. The van der Waals surface area contributed by atoms with Crippen LogP contribution in [0.3, 0.4) is 0 Å². The van der Waals surface area contributed by atoms with Gasteiger partial charge in [0.25, 0.3) is 5.91 Å². The van der Waals surface area contributed by atoms with Crippen molar-refractivity contribution in [3.05, 3.63) is 62.9 Å². The van der Waals surface area contributed by atoms with Crippen LogP contribution in [0, 0.1) is 18.6 Å². The van der Waals surface area contributed by atoms with Gasteiger partial charge >= 0.3 is 0 Å². The first kappa shape index (κ1) is 18.0. The van der Waals surface area contributed by atoms with E-state index in [1.807, 2.05) is 42.7 Å². The summed E-state index contributed by atoms with van der Waals surface area (Å²) in [6, 6.07) is 9.97. The van der Waals surface area contributed by atoms with E-state index in [0.29, 0.717) is 27.9 Å². The number of amides is 1. The van der Waals surface area contributed by atoms with Gasteiger partial charge in [0, 0.05) is 23.1 Å². The zero-order valence-electron chi connectivity index (χ0n) is 15.1. The Kier molecular flexibility index (Phi) is 4.65. The molecular weight excluding hydrogens is 382 g/mol. The summed E-state index contributed by atoms with van der Waals surface area (Å²) in [5, 5.41) is 10.4. The number of halogens is 1. The van der Waals surface area contributed by atoms with Gasteiger partial charge in [-0.1, -0.05) is 11.6 Å². The fraction of sp³-hybridized carbons (Fsp3) is 0.316. The van der Waals surface area contributed by atoms with Crippen molar-refractivity contribution < 1.29 is 4.79 Å². The molecule has 1 aromatic carbocycles. The molecule has 140 valence electrons. The summed E-state index contributed by atoms with van der Waals surface area (Å²) in [4.78, 5) is 12.8. The third-order valence-corrected chi connectivity index (χ3v) is 5.44. The zero-order valence-corrected chi connectivity index (χ0v) is 16.7. The molecule has 6 nitrogen and oxygen atoms in total. The van der Waals surface area contributed by atoms with E-state index >= 15 is 0 Å². The number of carbonyl (C=O) groups excluding carboxylic acids is 1. The maximum absolute atomic E-state index is 12.8. The van der Waals surface area contributed by atoms with Gasteiger partial charge in [-0.15, -0.1) is 0 Å². The smallest absolute Gasteiger partial charge is 0.253 e. The number of hydrogen-bond acceptors (Lipinski definition) is 3. The minimum atomic E-state index is -0.236. The molecule has 0 atom stereocenters. The van der Waals surface area contributed by atoms with Crippen molar-refractivity contribution in [1.29, 1.82) is 0 Å². The van der Waals surface area contributed by atoms with Gasteiger partial charge in [0.2, 0.25) is 0 Å². The van der Waals surface area contributed by atoms with Crippen LogP contribution >= 0.6 is 23.8 Å². The van der Waals surface area contributed by atoms with Crippen molar-refractivity contribution in [2.45, 2.75) is 39.3 Å². The lowest BCUT2D eigenvalue weighted by atomic mass is 10.1. The maximum atomic E-state index is 12.8. The number of rotatable bonds is 5. The third-order valence-electron chi connectivity index (χ3n) is 4.82. The second-order valence-corrected chi connectivity index (χ2v) is 7.64. The molecule has 2 heterocycles. The minimum Gasteiger partial charge on any atom is -0.345 e. The topological polar surface area (TPSA) is 67.6 Å². The molecule has 0 unspecified atom stereocenters. The van der Waals surface area contributed by atoms with E-state index < -0.39 is 0 Å². The fourth-order valence-corrected chi connectivity index (χ4v) is 3.83. The summed E-state index contributed by atoms with van der Waals surface area (Å²) in [6.45, 7) is 4.36. The number of hydrogen-bond donors (Lipinski definition) is 2. The molecule has 1 aliphatic rings. The molecule has 0 radical (unpaired) electrons. The van der Waals surface area contributed by atoms with E-state index in [1.54, 1.807) is 6.07 Å². The SMILES string of the molecule is Cc1ccc(C)n1-c1ccc(Cl)c(C(=O)NCc2n[nH]c(=S)n2C2CC2)c1. The zero-order chi connectivity index (χ0) is 19.1. The van der Waals surface area contributed by atoms with Crippen LogP contribution in [0.2, 0.25) is 5.02 Å². The van der Waals surface area contributed by atoms with Gasteiger partial charge in [0.1, 0.15) is 0 Å². The highest BCUT2D eigenvalue weighted by Gasteiger charge is 2.27. The summed E-state index contributed by atoms with van der Waals surface area (Å²) >= 11 is 11.6. The van der Waals surface area contributed by atoms with Crippen molar-refractivity contribution >= 4 is 29.7 Å². The number of aromatic nitrogens is 4. The number of nitrogens with one attached hydrogen (secondary N) is 2. The fourth-order valence-electron chi connectivity index (χ4n) is 3.33. The first-order valence-electron chi connectivity index (χ1n) is 8.84. The van der Waals surface area contributed by atoms with E-state index in [4.69, 9.17) is 23.8 Å². The minimum absolute atomic E-state index is 0.236. The summed E-state index contributed by atoms with van der Waals surface area (Å²) in [7, 11) is 0. The van der Waals surface area contributed by atoms with Gasteiger partial charge in [-0.05, 0) is 69.2 Å². The van der Waals surface area contributed by atoms with E-state index in [0.717, 1.165) is 35.7 Å². The molecule has 1 aliphatic carbocycles. The second kappa shape index (κ2) is 6.98. The number of aryl methyl sites for hydroxylation is 2. The van der Waals surface area contributed by atoms with Crippen LogP contribution in [0.4, 0.5) is 0 Å². The average molecular weight is 402 g/mol. The molecule has 27 heavy (non-hydrogen) atoms. The van der Waals surface area contributed by atoms with Crippen LogP contribution in [0.25, 0.3) is 5.69 Å². The number of nitrogens with zero attached hydrogens (tertiary/aromatic N) is 3. The largest absolute Gasteiger partial charge is 0.345 e. The third kappa shape index (κ3) is 3.44. The van der Waals surface area contributed by atoms with Gasteiger partial charge in [-0.25, -0.2) is 0 Å². The van der Waals surface area contributed by atoms with Crippen molar-refractivity contribution in [2.75, 3.05) is 0 Å². The molecule has 2 N–H and O–H groups in total. The predicted octanol–water partition coefficient (Wildman–Crippen LogP) is 4.27. The molecule has 1 saturated carbocycles. The van der Waals surface area contributed by atoms with Gasteiger partial charge in [-0.2, -0.15) is 5.10 Å². The van der Waals surface area contributed by atoms with Crippen LogP contribution in [-0.2, 0) is 6.54 Å². The van der Waals surface area contributed by atoms with Crippen LogP contribution in [0.15, 0.2) is 30.3 Å². The number of carbonyl (C=O) groups is 1. The first-order valence-corrected chi connectivity index (χ1v) is 9.63. The quantitative estimate of drug-likeness (QED) is 0.627. The van der Waals surface area contributed by atoms with E-state index in [1.165, 1.54) is 0 Å². The molecule has 0 saturated heterocycles. The molecule has 3 aromatic rings. The van der Waals surface area contributed by atoms with Crippen LogP contribution in [0.1, 0.15) is 46.5 Å². The molecule has 0 bridgehead atoms. The Labute approximate surface area is 167 Å². The number of benzene rings is 1. The predicted molar refractivity (Wildman–Crippen MR) is 107 cm³/mol. The summed E-state index contributed by atoms with van der Waals surface area (Å²) in [6.07, 6.45) is 2.19. The molecule has 1 fully saturated rings. The lowest BCUT2D eigenvalue weighted by molar-refractivity contribution is 0.0949. The van der Waals surface area contributed by atoms with Crippen molar-refractivity contribution in [1.82, 2.24) is 24.6 Å². The number of aromatic amines is 1. The van der Waals surface area contributed by atoms with Gasteiger partial charge in [0.05, 0.1) is 17.1 Å². The highest BCUT2D eigenvalue weighted by atomic mass is 35.5. The maximum Gasteiger partial charge on any atom is 0.253 e.